The van der Waals surface area contributed by atoms with Gasteiger partial charge in [-0.3, -0.25) is 5.32 Å². The lowest BCUT2D eigenvalue weighted by atomic mass is 10.2. The molecule has 0 saturated carbocycles. The van der Waals surface area contributed by atoms with Gasteiger partial charge in [0.25, 0.3) is 0 Å². The molecule has 0 aliphatic rings. The topological polar surface area (TPSA) is 111 Å². The van der Waals surface area contributed by atoms with E-state index in [0.717, 1.165) is 5.56 Å². The molecule has 0 bridgehead atoms. The second-order valence-electron chi connectivity index (χ2n) is 4.19. The van der Waals surface area contributed by atoms with Crippen molar-refractivity contribution in [3.63, 3.8) is 0 Å². The molecule has 0 atom stereocenters. The van der Waals surface area contributed by atoms with Crippen molar-refractivity contribution in [1.29, 1.82) is 0 Å². The van der Waals surface area contributed by atoms with Gasteiger partial charge in [0, 0.05) is 5.69 Å². The zero-order valence-corrected chi connectivity index (χ0v) is 10.7. The molecule has 2 rings (SSSR count). The van der Waals surface area contributed by atoms with Gasteiger partial charge in [0.05, 0.1) is 11.4 Å². The maximum Gasteiger partial charge on any atom is 0.411 e. The lowest BCUT2D eigenvalue weighted by Gasteiger charge is -2.09. The number of anilines is 3. The summed E-state index contributed by atoms with van der Waals surface area (Å²) in [5.74, 6) is -0.201. The standard InChI is InChI=1S/C14H15N3O3/c15-11-6-10(7-12(16)13(11)18)17-14(19)20-8-9-4-2-1-3-5-9/h1-7,18H,8,15-16H2,(H,17,19). The minimum atomic E-state index is -0.627. The molecule has 0 aliphatic heterocycles. The molecule has 6 heteroatoms. The molecular formula is C14H15N3O3. The Labute approximate surface area is 116 Å². The number of hydrogen-bond donors (Lipinski definition) is 4. The van der Waals surface area contributed by atoms with Gasteiger partial charge in [-0.1, -0.05) is 30.3 Å². The van der Waals surface area contributed by atoms with Crippen molar-refractivity contribution < 1.29 is 14.6 Å². The first-order valence-corrected chi connectivity index (χ1v) is 5.92. The van der Waals surface area contributed by atoms with Crippen LogP contribution in [0.2, 0.25) is 0 Å². The van der Waals surface area contributed by atoms with E-state index >= 15 is 0 Å². The predicted molar refractivity (Wildman–Crippen MR) is 77.2 cm³/mol. The van der Waals surface area contributed by atoms with Crippen LogP contribution in [0.15, 0.2) is 42.5 Å². The van der Waals surface area contributed by atoms with E-state index in [0.29, 0.717) is 5.69 Å². The molecule has 0 radical (unpaired) electrons. The summed E-state index contributed by atoms with van der Waals surface area (Å²) in [5.41, 5.74) is 12.5. The third-order valence-electron chi connectivity index (χ3n) is 2.63. The molecule has 2 aromatic rings. The van der Waals surface area contributed by atoms with Crippen LogP contribution in [-0.4, -0.2) is 11.2 Å². The third kappa shape index (κ3) is 3.32. The minimum absolute atomic E-state index is 0.0864. The van der Waals surface area contributed by atoms with Crippen LogP contribution in [-0.2, 0) is 11.3 Å². The van der Waals surface area contributed by atoms with E-state index in [1.54, 1.807) is 0 Å². The lowest BCUT2D eigenvalue weighted by Crippen LogP contribution is -2.14. The number of rotatable bonds is 3. The number of phenols is 1. The Hall–Kier alpha value is -2.89. The van der Waals surface area contributed by atoms with Gasteiger partial charge in [0.1, 0.15) is 6.61 Å². The van der Waals surface area contributed by atoms with Crippen molar-refractivity contribution in [3.05, 3.63) is 48.0 Å². The number of carbonyl (C=O) groups is 1. The number of nitrogens with two attached hydrogens (primary N) is 2. The molecule has 20 heavy (non-hydrogen) atoms. The smallest absolute Gasteiger partial charge is 0.411 e. The van der Waals surface area contributed by atoms with Crippen LogP contribution in [0, 0.1) is 0 Å². The van der Waals surface area contributed by atoms with Crippen LogP contribution in [0.4, 0.5) is 21.9 Å². The van der Waals surface area contributed by atoms with Gasteiger partial charge in [-0.15, -0.1) is 0 Å². The molecule has 6 N–H and O–H groups in total. The summed E-state index contributed by atoms with van der Waals surface area (Å²) in [6, 6.07) is 12.1. The van der Waals surface area contributed by atoms with E-state index in [9.17, 15) is 9.90 Å². The number of aromatic hydroxyl groups is 1. The molecule has 0 spiro atoms. The molecule has 0 aliphatic carbocycles. The van der Waals surface area contributed by atoms with Crippen molar-refractivity contribution in [2.24, 2.45) is 0 Å². The average Bonchev–Trinajstić information content (AvgIpc) is 2.43. The van der Waals surface area contributed by atoms with Gasteiger partial charge in [-0.25, -0.2) is 4.79 Å². The van der Waals surface area contributed by atoms with Crippen LogP contribution < -0.4 is 16.8 Å². The number of carbonyl (C=O) groups excluding carboxylic acids is 1. The highest BCUT2D eigenvalue weighted by molar-refractivity contribution is 5.87. The van der Waals surface area contributed by atoms with E-state index in [4.69, 9.17) is 16.2 Å². The van der Waals surface area contributed by atoms with Crippen molar-refractivity contribution in [3.8, 4) is 5.75 Å². The van der Waals surface area contributed by atoms with Crippen molar-refractivity contribution >= 4 is 23.2 Å². The second-order valence-corrected chi connectivity index (χ2v) is 4.19. The van der Waals surface area contributed by atoms with Crippen LogP contribution in [0.5, 0.6) is 5.75 Å². The maximum atomic E-state index is 11.6. The number of nitrogens with one attached hydrogen (secondary N) is 1. The monoisotopic (exact) mass is 273 g/mol. The Morgan fingerprint density at radius 1 is 1.15 bits per heavy atom. The van der Waals surface area contributed by atoms with Crippen molar-refractivity contribution in [1.82, 2.24) is 0 Å². The largest absolute Gasteiger partial charge is 0.504 e. The summed E-state index contributed by atoms with van der Waals surface area (Å²) in [5, 5.41) is 11.9. The Morgan fingerprint density at radius 3 is 2.35 bits per heavy atom. The molecule has 2 aromatic carbocycles. The lowest BCUT2D eigenvalue weighted by molar-refractivity contribution is 0.155. The minimum Gasteiger partial charge on any atom is -0.504 e. The molecule has 0 heterocycles. The van der Waals surface area contributed by atoms with E-state index in [1.807, 2.05) is 30.3 Å². The first-order chi connectivity index (χ1) is 9.56. The van der Waals surface area contributed by atoms with E-state index in [1.165, 1.54) is 12.1 Å². The third-order valence-corrected chi connectivity index (χ3v) is 2.63. The number of benzene rings is 2. The average molecular weight is 273 g/mol. The zero-order valence-electron chi connectivity index (χ0n) is 10.7. The number of amides is 1. The number of hydrogen-bond acceptors (Lipinski definition) is 5. The molecule has 0 saturated heterocycles. The van der Waals surface area contributed by atoms with Gasteiger partial charge in [0.2, 0.25) is 0 Å². The van der Waals surface area contributed by atoms with Gasteiger partial charge in [0.15, 0.2) is 5.75 Å². The molecule has 0 fully saturated rings. The van der Waals surface area contributed by atoms with Gasteiger partial charge in [-0.05, 0) is 17.7 Å². The van der Waals surface area contributed by atoms with Gasteiger partial charge >= 0.3 is 6.09 Å². The van der Waals surface area contributed by atoms with Crippen LogP contribution in [0.1, 0.15) is 5.56 Å². The molecule has 0 unspecified atom stereocenters. The molecule has 104 valence electrons. The summed E-state index contributed by atoms with van der Waals surface area (Å²) >= 11 is 0. The second kappa shape index (κ2) is 5.83. The molecule has 1 amide bonds. The van der Waals surface area contributed by atoms with Crippen molar-refractivity contribution in [2.75, 3.05) is 16.8 Å². The Morgan fingerprint density at radius 2 is 1.75 bits per heavy atom. The van der Waals surface area contributed by atoms with E-state index in [2.05, 4.69) is 5.32 Å². The van der Waals surface area contributed by atoms with E-state index in [-0.39, 0.29) is 23.7 Å². The van der Waals surface area contributed by atoms with Gasteiger partial charge < -0.3 is 21.3 Å². The quantitative estimate of drug-likeness (QED) is 0.389. The number of ether oxygens (including phenoxy) is 1. The highest BCUT2D eigenvalue weighted by Crippen LogP contribution is 2.31. The first-order valence-electron chi connectivity index (χ1n) is 5.92. The van der Waals surface area contributed by atoms with Crippen LogP contribution >= 0.6 is 0 Å². The summed E-state index contributed by atoms with van der Waals surface area (Å²) in [6.07, 6.45) is -0.627. The summed E-state index contributed by atoms with van der Waals surface area (Å²) in [7, 11) is 0. The fourth-order valence-corrected chi connectivity index (χ4v) is 1.63. The van der Waals surface area contributed by atoms with Gasteiger partial charge in [-0.2, -0.15) is 0 Å². The number of nitrogen functional groups attached to an aromatic ring is 2. The first kappa shape index (κ1) is 13.5. The van der Waals surface area contributed by atoms with Crippen LogP contribution in [0.25, 0.3) is 0 Å². The summed E-state index contributed by atoms with van der Waals surface area (Å²) in [4.78, 5) is 11.6. The summed E-state index contributed by atoms with van der Waals surface area (Å²) < 4.78 is 5.05. The highest BCUT2D eigenvalue weighted by atomic mass is 16.5. The normalized spacial score (nSPS) is 10.0. The fourth-order valence-electron chi connectivity index (χ4n) is 1.63. The van der Waals surface area contributed by atoms with Crippen LogP contribution in [0.3, 0.4) is 0 Å². The highest BCUT2D eigenvalue weighted by Gasteiger charge is 2.08. The SMILES string of the molecule is Nc1cc(NC(=O)OCc2ccccc2)cc(N)c1O. The zero-order chi connectivity index (χ0) is 14.5. The summed E-state index contributed by atoms with van der Waals surface area (Å²) in [6.45, 7) is 0.162. The fraction of sp³-hybridized carbons (Fsp3) is 0.0714. The molecule has 6 nitrogen and oxygen atoms in total. The Balaban J connectivity index is 1.95. The number of phenolic OH excluding ortho intramolecular Hbond substituents is 1. The van der Waals surface area contributed by atoms with E-state index < -0.39 is 6.09 Å². The maximum absolute atomic E-state index is 11.6. The predicted octanol–water partition coefficient (Wildman–Crippen LogP) is 2.31. The Kier molecular flexibility index (Phi) is 3.95. The molecule has 0 aromatic heterocycles. The molecular weight excluding hydrogens is 258 g/mol. The Bertz CT molecular complexity index is 591. The van der Waals surface area contributed by atoms with Crippen molar-refractivity contribution in [2.45, 2.75) is 6.61 Å².